The van der Waals surface area contributed by atoms with Crippen molar-refractivity contribution in [3.05, 3.63) is 23.3 Å². The molecule has 0 spiro atoms. The van der Waals surface area contributed by atoms with E-state index in [9.17, 15) is 9.59 Å². The van der Waals surface area contributed by atoms with Crippen LogP contribution in [0.4, 0.5) is 0 Å². The molecule has 15 heavy (non-hydrogen) atoms. The fourth-order valence-electron chi connectivity index (χ4n) is 1.14. The quantitative estimate of drug-likeness (QED) is 0.416. The van der Waals surface area contributed by atoms with Gasteiger partial charge in [0.05, 0.1) is 0 Å². The molecule has 0 bridgehead atoms. The van der Waals surface area contributed by atoms with Gasteiger partial charge >= 0.3 is 5.97 Å². The lowest BCUT2D eigenvalue weighted by Gasteiger charge is -1.97. The molecule has 0 heterocycles. The Morgan fingerprint density at radius 3 is 2.27 bits per heavy atom. The molecular formula is C12H18O3. The van der Waals surface area contributed by atoms with Gasteiger partial charge in [0, 0.05) is 0 Å². The van der Waals surface area contributed by atoms with E-state index in [2.05, 4.69) is 6.08 Å². The molecule has 0 aliphatic carbocycles. The highest BCUT2D eigenvalue weighted by Gasteiger charge is 2.04. The molecule has 0 atom stereocenters. The summed E-state index contributed by atoms with van der Waals surface area (Å²) >= 11 is 0. The van der Waals surface area contributed by atoms with Crippen molar-refractivity contribution in [2.75, 3.05) is 0 Å². The van der Waals surface area contributed by atoms with E-state index in [0.29, 0.717) is 0 Å². The predicted molar refractivity (Wildman–Crippen MR) is 59.7 cm³/mol. The molecule has 0 aliphatic heterocycles. The predicted octanol–water partition coefficient (Wildman–Crippen LogP) is 2.72. The number of rotatable bonds is 6. The Labute approximate surface area is 90.5 Å². The smallest absolute Gasteiger partial charge is 0.311 e. The maximum atomic E-state index is 11.1. The highest BCUT2D eigenvalue weighted by molar-refractivity contribution is 6.01. The summed E-state index contributed by atoms with van der Waals surface area (Å²) in [7, 11) is 0. The lowest BCUT2D eigenvalue weighted by molar-refractivity contribution is -0.139. The van der Waals surface area contributed by atoms with Crippen LogP contribution in [0.25, 0.3) is 0 Å². The summed E-state index contributed by atoms with van der Waals surface area (Å²) in [5.74, 6) is -1.41. The average Bonchev–Trinajstić information content (AvgIpc) is 2.00. The molecule has 0 aromatic carbocycles. The monoisotopic (exact) mass is 210 g/mol. The first-order chi connectivity index (χ1) is 6.91. The minimum absolute atomic E-state index is 0.336. The minimum atomic E-state index is -1.08. The van der Waals surface area contributed by atoms with E-state index in [-0.39, 0.29) is 5.78 Å². The maximum Gasteiger partial charge on any atom is 0.311 e. The van der Waals surface area contributed by atoms with E-state index in [0.717, 1.165) is 18.4 Å². The normalized spacial score (nSPS) is 11.0. The summed E-state index contributed by atoms with van der Waals surface area (Å²) in [4.78, 5) is 21.3. The second-order valence-electron chi connectivity index (χ2n) is 3.85. The van der Waals surface area contributed by atoms with Crippen LogP contribution in [0.15, 0.2) is 23.3 Å². The maximum absolute atomic E-state index is 11.1. The first-order valence-corrected chi connectivity index (χ1v) is 4.97. The molecule has 0 unspecified atom stereocenters. The SMILES string of the molecule is CC(C)=CCCC(C)=CC(=O)CC(=O)O. The fraction of sp³-hybridized carbons (Fsp3) is 0.500. The third-order valence-electron chi connectivity index (χ3n) is 1.82. The molecular weight excluding hydrogens is 192 g/mol. The first-order valence-electron chi connectivity index (χ1n) is 4.97. The van der Waals surface area contributed by atoms with Crippen LogP contribution in [0.5, 0.6) is 0 Å². The molecule has 3 nitrogen and oxygen atoms in total. The highest BCUT2D eigenvalue weighted by atomic mass is 16.4. The van der Waals surface area contributed by atoms with E-state index in [4.69, 9.17) is 5.11 Å². The van der Waals surface area contributed by atoms with E-state index in [1.165, 1.54) is 11.6 Å². The second kappa shape index (κ2) is 6.98. The van der Waals surface area contributed by atoms with Crippen molar-refractivity contribution in [3.8, 4) is 0 Å². The Morgan fingerprint density at radius 1 is 1.20 bits per heavy atom. The van der Waals surface area contributed by atoms with Crippen LogP contribution in [0, 0.1) is 0 Å². The van der Waals surface area contributed by atoms with Crippen LogP contribution in [0.3, 0.4) is 0 Å². The van der Waals surface area contributed by atoms with Crippen molar-refractivity contribution in [1.82, 2.24) is 0 Å². The molecule has 0 aliphatic rings. The number of aliphatic carboxylic acids is 1. The number of hydrogen-bond donors (Lipinski definition) is 1. The number of carboxylic acid groups (broad SMARTS) is 1. The molecule has 3 heteroatoms. The van der Waals surface area contributed by atoms with Crippen LogP contribution in [0.1, 0.15) is 40.0 Å². The molecule has 0 saturated heterocycles. The van der Waals surface area contributed by atoms with Gasteiger partial charge in [0.2, 0.25) is 0 Å². The molecule has 84 valence electrons. The molecule has 0 fully saturated rings. The van der Waals surface area contributed by atoms with Crippen molar-refractivity contribution < 1.29 is 14.7 Å². The van der Waals surface area contributed by atoms with Crippen LogP contribution >= 0.6 is 0 Å². The van der Waals surface area contributed by atoms with Gasteiger partial charge in [-0.1, -0.05) is 17.2 Å². The zero-order chi connectivity index (χ0) is 11.8. The second-order valence-corrected chi connectivity index (χ2v) is 3.85. The van der Waals surface area contributed by atoms with Crippen molar-refractivity contribution >= 4 is 11.8 Å². The third-order valence-corrected chi connectivity index (χ3v) is 1.82. The third kappa shape index (κ3) is 8.94. The van der Waals surface area contributed by atoms with Crippen LogP contribution in [0.2, 0.25) is 0 Å². The van der Waals surface area contributed by atoms with Crippen LogP contribution in [-0.4, -0.2) is 16.9 Å². The zero-order valence-corrected chi connectivity index (χ0v) is 9.54. The number of allylic oxidation sites excluding steroid dienone is 4. The molecule has 0 radical (unpaired) electrons. The Kier molecular flexibility index (Phi) is 6.34. The largest absolute Gasteiger partial charge is 0.481 e. The van der Waals surface area contributed by atoms with Gasteiger partial charge in [-0.25, -0.2) is 0 Å². The summed E-state index contributed by atoms with van der Waals surface area (Å²) in [6.45, 7) is 5.89. The van der Waals surface area contributed by atoms with Gasteiger partial charge in [-0.05, 0) is 39.7 Å². The van der Waals surface area contributed by atoms with Crippen molar-refractivity contribution in [2.24, 2.45) is 0 Å². The first kappa shape index (κ1) is 13.6. The van der Waals surface area contributed by atoms with Crippen molar-refractivity contribution in [1.29, 1.82) is 0 Å². The number of carbonyl (C=O) groups excluding carboxylic acids is 1. The van der Waals surface area contributed by atoms with Gasteiger partial charge in [-0.3, -0.25) is 9.59 Å². The van der Waals surface area contributed by atoms with Gasteiger partial charge in [0.25, 0.3) is 0 Å². The van der Waals surface area contributed by atoms with Gasteiger partial charge in [-0.2, -0.15) is 0 Å². The Morgan fingerprint density at radius 2 is 1.80 bits per heavy atom. The van der Waals surface area contributed by atoms with Crippen molar-refractivity contribution in [3.63, 3.8) is 0 Å². The fourth-order valence-corrected chi connectivity index (χ4v) is 1.14. The van der Waals surface area contributed by atoms with E-state index in [1.807, 2.05) is 20.8 Å². The number of carboxylic acids is 1. The molecule has 0 amide bonds. The van der Waals surface area contributed by atoms with Gasteiger partial charge in [0.1, 0.15) is 6.42 Å². The van der Waals surface area contributed by atoms with Gasteiger partial charge < -0.3 is 5.11 Å². The average molecular weight is 210 g/mol. The summed E-state index contributed by atoms with van der Waals surface area (Å²) in [5.41, 5.74) is 2.18. The molecule has 1 N–H and O–H groups in total. The highest BCUT2D eigenvalue weighted by Crippen LogP contribution is 2.07. The summed E-state index contributed by atoms with van der Waals surface area (Å²) in [5, 5.41) is 8.39. The van der Waals surface area contributed by atoms with E-state index >= 15 is 0 Å². The van der Waals surface area contributed by atoms with Crippen LogP contribution in [-0.2, 0) is 9.59 Å². The Hall–Kier alpha value is -1.38. The topological polar surface area (TPSA) is 54.4 Å². The van der Waals surface area contributed by atoms with E-state index in [1.54, 1.807) is 0 Å². The summed E-state index contributed by atoms with van der Waals surface area (Å²) < 4.78 is 0. The molecule has 0 aromatic rings. The Balaban J connectivity index is 4.03. The molecule has 0 aromatic heterocycles. The standard InChI is InChI=1S/C12H18O3/c1-9(2)5-4-6-10(3)7-11(13)8-12(14)15/h5,7H,4,6,8H2,1-3H3,(H,14,15). The van der Waals surface area contributed by atoms with Gasteiger partial charge in [-0.15, -0.1) is 0 Å². The lowest BCUT2D eigenvalue weighted by Crippen LogP contribution is -2.03. The molecule has 0 saturated carbocycles. The Bertz CT molecular complexity index is 294. The number of carbonyl (C=O) groups is 2. The number of hydrogen-bond acceptors (Lipinski definition) is 2. The summed E-state index contributed by atoms with van der Waals surface area (Å²) in [6.07, 6.45) is 4.80. The minimum Gasteiger partial charge on any atom is -0.481 e. The molecule has 0 rings (SSSR count). The van der Waals surface area contributed by atoms with Crippen LogP contribution < -0.4 is 0 Å². The number of ketones is 1. The lowest BCUT2D eigenvalue weighted by atomic mass is 10.1. The summed E-state index contributed by atoms with van der Waals surface area (Å²) in [6, 6.07) is 0. The van der Waals surface area contributed by atoms with Crippen molar-refractivity contribution in [2.45, 2.75) is 40.0 Å². The zero-order valence-electron chi connectivity index (χ0n) is 9.54. The van der Waals surface area contributed by atoms with Gasteiger partial charge in [0.15, 0.2) is 5.78 Å². The van der Waals surface area contributed by atoms with E-state index < -0.39 is 12.4 Å².